The third-order valence-corrected chi connectivity index (χ3v) is 7.96. The number of ether oxygens (including phenoxy) is 6. The van der Waals surface area contributed by atoms with Crippen molar-refractivity contribution in [2.45, 2.75) is 155 Å². The molecule has 0 N–H and O–H groups in total. The minimum Gasteiger partial charge on any atom is -0.376 e. The molecule has 0 aliphatic carbocycles. The molecule has 6 heteroatoms. The van der Waals surface area contributed by atoms with Gasteiger partial charge in [0.25, 0.3) is 0 Å². The first kappa shape index (κ1) is 34.0. The van der Waals surface area contributed by atoms with Gasteiger partial charge in [-0.3, -0.25) is 0 Å². The van der Waals surface area contributed by atoms with Crippen LogP contribution in [0.5, 0.6) is 0 Å². The van der Waals surface area contributed by atoms with E-state index in [1.54, 1.807) is 0 Å². The number of hydrogen-bond donors (Lipinski definition) is 0. The van der Waals surface area contributed by atoms with E-state index in [4.69, 9.17) is 28.4 Å². The Morgan fingerprint density at radius 3 is 1.47 bits per heavy atom. The number of epoxide rings is 2. The summed E-state index contributed by atoms with van der Waals surface area (Å²) in [5.41, 5.74) is -0.652. The van der Waals surface area contributed by atoms with Crippen LogP contribution in [0, 0.1) is 11.8 Å². The van der Waals surface area contributed by atoms with Crippen LogP contribution in [-0.4, -0.2) is 74.3 Å². The summed E-state index contributed by atoms with van der Waals surface area (Å²) in [5.74, 6) is 1.03. The van der Waals surface area contributed by atoms with Gasteiger partial charge in [-0.1, -0.05) is 13.8 Å². The predicted octanol–water partition coefficient (Wildman–Crippen LogP) is 7.36. The molecule has 2 rings (SSSR count). The van der Waals surface area contributed by atoms with E-state index in [-0.39, 0.29) is 22.4 Å². The maximum Gasteiger partial charge on any atom is 0.0831 e. The summed E-state index contributed by atoms with van der Waals surface area (Å²) < 4.78 is 35.8. The van der Waals surface area contributed by atoms with Crippen molar-refractivity contribution in [3.8, 4) is 0 Å². The normalized spacial score (nSPS) is 21.2. The molecule has 0 amide bonds. The Kier molecular flexibility index (Phi) is 13.5. The van der Waals surface area contributed by atoms with Crippen molar-refractivity contribution < 1.29 is 28.4 Å². The van der Waals surface area contributed by atoms with Crippen LogP contribution in [0.1, 0.15) is 121 Å². The molecule has 0 aromatic heterocycles. The smallest absolute Gasteiger partial charge is 0.0831 e. The number of rotatable bonds is 23. The summed E-state index contributed by atoms with van der Waals surface area (Å²) in [4.78, 5) is 0. The van der Waals surface area contributed by atoms with Crippen LogP contribution in [0.4, 0.5) is 0 Å². The zero-order valence-corrected chi connectivity index (χ0v) is 26.7. The second-order valence-electron chi connectivity index (χ2n) is 14.5. The highest BCUT2D eigenvalue weighted by molar-refractivity contribution is 4.87. The Morgan fingerprint density at radius 2 is 1.05 bits per heavy atom. The molecule has 3 unspecified atom stereocenters. The molecule has 38 heavy (non-hydrogen) atoms. The molecule has 226 valence electrons. The highest BCUT2D eigenvalue weighted by atomic mass is 16.6. The van der Waals surface area contributed by atoms with Gasteiger partial charge in [-0.25, -0.2) is 0 Å². The fourth-order valence-corrected chi connectivity index (χ4v) is 5.18. The van der Waals surface area contributed by atoms with Gasteiger partial charge in [0, 0.05) is 26.4 Å². The van der Waals surface area contributed by atoms with E-state index in [1.165, 1.54) is 0 Å². The molecule has 0 radical (unpaired) electrons. The first-order valence-electron chi connectivity index (χ1n) is 15.4. The first-order valence-corrected chi connectivity index (χ1v) is 15.4. The summed E-state index contributed by atoms with van der Waals surface area (Å²) in [6, 6.07) is 0. The quantitative estimate of drug-likeness (QED) is 0.0993. The molecular formula is C32H62O6. The van der Waals surface area contributed by atoms with Gasteiger partial charge in [0.2, 0.25) is 0 Å². The van der Waals surface area contributed by atoms with Crippen LogP contribution in [-0.2, 0) is 28.4 Å². The van der Waals surface area contributed by atoms with Crippen LogP contribution in [0.3, 0.4) is 0 Å². The van der Waals surface area contributed by atoms with E-state index >= 15 is 0 Å². The van der Waals surface area contributed by atoms with E-state index in [1.807, 2.05) is 0 Å². The standard InChI is InChI=1S/C32H62O6/c1-25(2)21-26(32(9,10)38-18-12-16-30(5,6)37-20-14-28-24-34-28)22-31(7,8)35-17-11-15-29(3,4)36-19-13-27-23-33-27/h25-28H,11-24H2,1-10H3. The molecule has 2 aliphatic rings. The Labute approximate surface area is 235 Å². The van der Waals surface area contributed by atoms with Crippen LogP contribution in [0.15, 0.2) is 0 Å². The Morgan fingerprint density at radius 1 is 0.632 bits per heavy atom. The van der Waals surface area contributed by atoms with Crippen LogP contribution < -0.4 is 0 Å². The molecule has 2 saturated heterocycles. The average Bonchev–Trinajstić information content (AvgIpc) is 3.70. The monoisotopic (exact) mass is 542 g/mol. The summed E-state index contributed by atoms with van der Waals surface area (Å²) in [6.07, 6.45) is 8.96. The van der Waals surface area contributed by atoms with Gasteiger partial charge >= 0.3 is 0 Å². The maximum absolute atomic E-state index is 6.56. The minimum atomic E-state index is -0.208. The van der Waals surface area contributed by atoms with Crippen LogP contribution in [0.2, 0.25) is 0 Å². The van der Waals surface area contributed by atoms with Crippen molar-refractivity contribution in [1.82, 2.24) is 0 Å². The largest absolute Gasteiger partial charge is 0.376 e. The molecular weight excluding hydrogens is 480 g/mol. The lowest BCUT2D eigenvalue weighted by Gasteiger charge is -2.40. The van der Waals surface area contributed by atoms with E-state index in [0.717, 1.165) is 91.0 Å². The summed E-state index contributed by atoms with van der Waals surface area (Å²) in [7, 11) is 0. The van der Waals surface area contributed by atoms with Crippen molar-refractivity contribution in [2.24, 2.45) is 11.8 Å². The number of hydrogen-bond acceptors (Lipinski definition) is 6. The Bertz CT molecular complexity index is 648. The van der Waals surface area contributed by atoms with Gasteiger partial charge in [-0.15, -0.1) is 0 Å². The topological polar surface area (TPSA) is 62.0 Å². The van der Waals surface area contributed by atoms with Crippen molar-refractivity contribution >= 4 is 0 Å². The van der Waals surface area contributed by atoms with Crippen LogP contribution >= 0.6 is 0 Å². The van der Waals surface area contributed by atoms with Crippen molar-refractivity contribution in [1.29, 1.82) is 0 Å². The summed E-state index contributed by atoms with van der Waals surface area (Å²) in [5, 5.41) is 0. The second kappa shape index (κ2) is 15.1. The van der Waals surface area contributed by atoms with Crippen LogP contribution in [0.25, 0.3) is 0 Å². The van der Waals surface area contributed by atoms with E-state index in [9.17, 15) is 0 Å². The highest BCUT2D eigenvalue weighted by Gasteiger charge is 2.36. The predicted molar refractivity (Wildman–Crippen MR) is 155 cm³/mol. The fourth-order valence-electron chi connectivity index (χ4n) is 5.18. The molecule has 6 nitrogen and oxygen atoms in total. The highest BCUT2D eigenvalue weighted by Crippen LogP contribution is 2.36. The molecule has 0 bridgehead atoms. The second-order valence-corrected chi connectivity index (χ2v) is 14.5. The zero-order valence-electron chi connectivity index (χ0n) is 26.7. The van der Waals surface area contributed by atoms with Gasteiger partial charge in [0.1, 0.15) is 0 Å². The van der Waals surface area contributed by atoms with Crippen molar-refractivity contribution in [2.75, 3.05) is 39.6 Å². The zero-order chi connectivity index (χ0) is 28.5. The maximum atomic E-state index is 6.56. The molecule has 3 atom stereocenters. The third-order valence-electron chi connectivity index (χ3n) is 7.96. The van der Waals surface area contributed by atoms with Gasteiger partial charge in [-0.2, -0.15) is 0 Å². The summed E-state index contributed by atoms with van der Waals surface area (Å²) >= 11 is 0. The van der Waals surface area contributed by atoms with Gasteiger partial charge in [-0.05, 0) is 119 Å². The van der Waals surface area contributed by atoms with Gasteiger partial charge in [0.05, 0.1) is 47.8 Å². The molecule has 2 fully saturated rings. The van der Waals surface area contributed by atoms with Gasteiger partial charge < -0.3 is 28.4 Å². The van der Waals surface area contributed by atoms with Crippen molar-refractivity contribution in [3.05, 3.63) is 0 Å². The molecule has 0 spiro atoms. The van der Waals surface area contributed by atoms with Crippen molar-refractivity contribution in [3.63, 3.8) is 0 Å². The van der Waals surface area contributed by atoms with E-state index < -0.39 is 0 Å². The molecule has 2 heterocycles. The van der Waals surface area contributed by atoms with E-state index in [2.05, 4.69) is 69.2 Å². The van der Waals surface area contributed by atoms with E-state index in [0.29, 0.717) is 24.0 Å². The lowest BCUT2D eigenvalue weighted by molar-refractivity contribution is -0.109. The average molecular weight is 543 g/mol. The minimum absolute atomic E-state index is 0.121. The molecule has 2 aliphatic heterocycles. The molecule has 0 aromatic rings. The molecule has 0 aromatic carbocycles. The lowest BCUT2D eigenvalue weighted by Crippen LogP contribution is -2.41. The Balaban J connectivity index is 1.72. The first-order chi connectivity index (χ1) is 17.6. The lowest BCUT2D eigenvalue weighted by atomic mass is 9.77. The fraction of sp³-hybridized carbons (Fsp3) is 1.00. The SMILES string of the molecule is CC(C)CC(CC(C)(C)OCCCC(C)(C)OCCC1CO1)C(C)(C)OCCCC(C)(C)OCCC1CO1. The third kappa shape index (κ3) is 15.5. The Hall–Kier alpha value is -0.240. The summed E-state index contributed by atoms with van der Waals surface area (Å²) in [6.45, 7) is 27.2. The molecule has 0 saturated carbocycles. The van der Waals surface area contributed by atoms with Gasteiger partial charge in [0.15, 0.2) is 0 Å².